The standard InChI is InChI=1S/C25H33N4O7P/c1-25(2,3)15-33-24(30)32-14-19-9-12-22(36-19)20-10-11-21-23(26)28(16-27-29(20)21)17-35-37(31)34-13-18-7-5-4-6-8-18/h4-8,10-11,16,19,22,26,31H,9,12-15,17H2,1-3H3. The van der Waals surface area contributed by atoms with Crippen LogP contribution in [0.15, 0.2) is 48.8 Å². The minimum atomic E-state index is -2.11. The van der Waals surface area contributed by atoms with E-state index in [1.165, 1.54) is 10.9 Å². The van der Waals surface area contributed by atoms with Crippen LogP contribution in [0.2, 0.25) is 0 Å². The van der Waals surface area contributed by atoms with Crippen molar-refractivity contribution in [2.45, 2.75) is 59.2 Å². The van der Waals surface area contributed by atoms with Crippen molar-refractivity contribution in [3.05, 3.63) is 65.5 Å². The van der Waals surface area contributed by atoms with E-state index in [1.54, 1.807) is 10.6 Å². The number of nitrogens with one attached hydrogen (secondary N) is 1. The van der Waals surface area contributed by atoms with Crippen LogP contribution in [-0.2, 0) is 36.6 Å². The summed E-state index contributed by atoms with van der Waals surface area (Å²) in [4.78, 5) is 21.9. The summed E-state index contributed by atoms with van der Waals surface area (Å²) in [5.74, 6) is 0. The molecule has 200 valence electrons. The highest BCUT2D eigenvalue weighted by Crippen LogP contribution is 2.35. The molecule has 0 saturated carbocycles. The van der Waals surface area contributed by atoms with Crippen molar-refractivity contribution in [3.63, 3.8) is 0 Å². The molecule has 3 atom stereocenters. The van der Waals surface area contributed by atoms with E-state index in [9.17, 15) is 9.69 Å². The van der Waals surface area contributed by atoms with Gasteiger partial charge in [0.1, 0.15) is 31.3 Å². The molecule has 1 aliphatic heterocycles. The van der Waals surface area contributed by atoms with Gasteiger partial charge in [0.25, 0.3) is 0 Å². The number of carbonyl (C=O) groups is 1. The number of nitrogens with zero attached hydrogens (tertiary/aromatic N) is 3. The molecule has 0 radical (unpaired) electrons. The van der Waals surface area contributed by atoms with Gasteiger partial charge in [0.05, 0.1) is 25.0 Å². The predicted molar refractivity (Wildman–Crippen MR) is 134 cm³/mol. The molecule has 0 aliphatic carbocycles. The third-order valence-electron chi connectivity index (χ3n) is 5.66. The van der Waals surface area contributed by atoms with Gasteiger partial charge in [-0.15, -0.1) is 0 Å². The predicted octanol–water partition coefficient (Wildman–Crippen LogP) is 4.44. The molecule has 1 saturated heterocycles. The van der Waals surface area contributed by atoms with Gasteiger partial charge in [-0.3, -0.25) is 14.5 Å². The average molecular weight is 533 g/mol. The minimum Gasteiger partial charge on any atom is -0.434 e. The maximum atomic E-state index is 11.8. The number of hydrogen-bond donors (Lipinski definition) is 2. The van der Waals surface area contributed by atoms with Gasteiger partial charge in [-0.25, -0.2) is 9.31 Å². The maximum Gasteiger partial charge on any atom is 0.508 e. The van der Waals surface area contributed by atoms with Crippen LogP contribution >= 0.6 is 8.60 Å². The zero-order valence-corrected chi connectivity index (χ0v) is 22.1. The molecule has 3 unspecified atom stereocenters. The summed E-state index contributed by atoms with van der Waals surface area (Å²) in [5.41, 5.74) is 2.35. The fourth-order valence-electron chi connectivity index (χ4n) is 3.79. The third kappa shape index (κ3) is 7.59. The second-order valence-electron chi connectivity index (χ2n) is 9.99. The van der Waals surface area contributed by atoms with Crippen molar-refractivity contribution in [1.82, 2.24) is 14.2 Å². The largest absolute Gasteiger partial charge is 0.508 e. The first-order chi connectivity index (χ1) is 17.7. The molecule has 1 aromatic carbocycles. The van der Waals surface area contributed by atoms with Gasteiger partial charge in [0, 0.05) is 0 Å². The first-order valence-corrected chi connectivity index (χ1v) is 13.2. The quantitative estimate of drug-likeness (QED) is 0.290. The number of aromatic nitrogens is 3. The minimum absolute atomic E-state index is 0.0789. The average Bonchev–Trinajstić information content (AvgIpc) is 3.52. The summed E-state index contributed by atoms with van der Waals surface area (Å²) in [6.07, 6.45) is 1.76. The van der Waals surface area contributed by atoms with Crippen molar-refractivity contribution in [1.29, 1.82) is 5.41 Å². The highest BCUT2D eigenvalue weighted by molar-refractivity contribution is 7.40. The number of hydrogen-bond acceptors (Lipinski definition) is 9. The van der Waals surface area contributed by atoms with Crippen molar-refractivity contribution in [3.8, 4) is 0 Å². The van der Waals surface area contributed by atoms with Crippen LogP contribution in [0, 0.1) is 10.8 Å². The molecule has 12 heteroatoms. The molecule has 2 N–H and O–H groups in total. The Bertz CT molecular complexity index is 1240. The Labute approximate surface area is 216 Å². The molecule has 11 nitrogen and oxygen atoms in total. The van der Waals surface area contributed by atoms with E-state index in [1.807, 2.05) is 57.2 Å². The third-order valence-corrected chi connectivity index (χ3v) is 6.35. The molecular weight excluding hydrogens is 499 g/mol. The van der Waals surface area contributed by atoms with Gasteiger partial charge < -0.3 is 23.6 Å². The molecule has 3 heterocycles. The normalized spacial score (nSPS) is 18.7. The van der Waals surface area contributed by atoms with E-state index < -0.39 is 14.8 Å². The smallest absolute Gasteiger partial charge is 0.434 e. The van der Waals surface area contributed by atoms with Gasteiger partial charge in [-0.1, -0.05) is 51.1 Å². The molecule has 37 heavy (non-hydrogen) atoms. The van der Waals surface area contributed by atoms with Crippen LogP contribution in [0.5, 0.6) is 0 Å². The van der Waals surface area contributed by atoms with E-state index >= 15 is 0 Å². The van der Waals surface area contributed by atoms with E-state index in [-0.39, 0.29) is 49.7 Å². The van der Waals surface area contributed by atoms with Crippen LogP contribution in [0.25, 0.3) is 5.52 Å². The molecule has 1 aliphatic rings. The Morgan fingerprint density at radius 1 is 1.16 bits per heavy atom. The zero-order valence-electron chi connectivity index (χ0n) is 21.2. The Morgan fingerprint density at radius 3 is 2.70 bits per heavy atom. The number of fused-ring (bicyclic) bond motifs is 1. The van der Waals surface area contributed by atoms with Crippen molar-refractivity contribution >= 4 is 20.3 Å². The number of ether oxygens (including phenoxy) is 3. The number of benzene rings is 1. The monoisotopic (exact) mass is 532 g/mol. The maximum absolute atomic E-state index is 11.8. The molecule has 0 spiro atoms. The summed E-state index contributed by atoms with van der Waals surface area (Å²) in [5, 5.41) is 13.0. The summed E-state index contributed by atoms with van der Waals surface area (Å²) < 4.78 is 30.3. The summed E-state index contributed by atoms with van der Waals surface area (Å²) >= 11 is 0. The number of rotatable bonds is 10. The van der Waals surface area contributed by atoms with Crippen LogP contribution in [0.4, 0.5) is 4.79 Å². The fourth-order valence-corrected chi connectivity index (χ4v) is 4.35. The second kappa shape index (κ2) is 12.1. The van der Waals surface area contributed by atoms with Crippen molar-refractivity contribution < 1.29 is 32.9 Å². The zero-order chi connectivity index (χ0) is 26.4. The van der Waals surface area contributed by atoms with Crippen molar-refractivity contribution in [2.24, 2.45) is 5.41 Å². The van der Waals surface area contributed by atoms with Gasteiger partial charge >= 0.3 is 14.8 Å². The topological polar surface area (TPSA) is 130 Å². The SMILES string of the molecule is CC(C)(C)COC(=O)OCC1CCC(c2ccc3c(=N)n(COP(O)OCc4ccccc4)cnn23)O1. The Kier molecular flexibility index (Phi) is 8.94. The van der Waals surface area contributed by atoms with E-state index in [0.717, 1.165) is 24.1 Å². The molecule has 1 fully saturated rings. The van der Waals surface area contributed by atoms with Crippen LogP contribution < -0.4 is 5.49 Å². The van der Waals surface area contributed by atoms with Gasteiger partial charge in [-0.2, -0.15) is 5.10 Å². The van der Waals surface area contributed by atoms with E-state index in [4.69, 9.17) is 28.7 Å². The summed E-state index contributed by atoms with van der Waals surface area (Å²) in [6.45, 7) is 6.48. The molecular formula is C25H33N4O7P. The fraction of sp³-hybridized carbons (Fsp3) is 0.480. The molecule has 0 bridgehead atoms. The molecule has 3 aromatic rings. The van der Waals surface area contributed by atoms with Crippen LogP contribution in [0.1, 0.15) is 51.0 Å². The summed E-state index contributed by atoms with van der Waals surface area (Å²) in [6, 6.07) is 13.2. The highest BCUT2D eigenvalue weighted by atomic mass is 31.2. The molecule has 0 amide bonds. The lowest BCUT2D eigenvalue weighted by Crippen LogP contribution is -2.24. The molecule has 4 rings (SSSR count). The Hall–Kier alpha value is -2.82. The van der Waals surface area contributed by atoms with Crippen molar-refractivity contribution in [2.75, 3.05) is 13.2 Å². The Balaban J connectivity index is 1.29. The van der Waals surface area contributed by atoms with Gasteiger partial charge in [0.2, 0.25) is 0 Å². The summed E-state index contributed by atoms with van der Waals surface area (Å²) in [7, 11) is -2.11. The van der Waals surface area contributed by atoms with Crippen LogP contribution in [0.3, 0.4) is 0 Å². The van der Waals surface area contributed by atoms with Gasteiger partial charge in [0.15, 0.2) is 5.49 Å². The van der Waals surface area contributed by atoms with E-state index in [2.05, 4.69) is 5.10 Å². The lowest BCUT2D eigenvalue weighted by Gasteiger charge is -2.18. The molecule has 2 aromatic heterocycles. The highest BCUT2D eigenvalue weighted by Gasteiger charge is 2.30. The Morgan fingerprint density at radius 2 is 1.95 bits per heavy atom. The first kappa shape index (κ1) is 27.2. The first-order valence-electron chi connectivity index (χ1n) is 12.0. The van der Waals surface area contributed by atoms with Gasteiger partial charge in [-0.05, 0) is 36.0 Å². The van der Waals surface area contributed by atoms with Crippen LogP contribution in [-0.4, -0.2) is 44.5 Å². The van der Waals surface area contributed by atoms with E-state index in [0.29, 0.717) is 5.52 Å². The lowest BCUT2D eigenvalue weighted by molar-refractivity contribution is -0.0230. The number of carbonyl (C=O) groups excluding carboxylic acids is 1. The lowest BCUT2D eigenvalue weighted by atomic mass is 9.99. The second-order valence-corrected chi connectivity index (χ2v) is 11.0.